The standard InChI is InChI=1S/C13H18ClNO2/c1-13(2,3)15-8-12(16)17-9-10-6-4-5-7-11(10)14/h4-7,15H,8-9H2,1-3H3. The molecule has 0 amide bonds. The van der Waals surface area contributed by atoms with E-state index in [0.29, 0.717) is 5.02 Å². The lowest BCUT2D eigenvalue weighted by Gasteiger charge is -2.19. The highest BCUT2D eigenvalue weighted by molar-refractivity contribution is 6.31. The summed E-state index contributed by atoms with van der Waals surface area (Å²) in [6.07, 6.45) is 0. The number of hydrogen-bond donors (Lipinski definition) is 1. The Balaban J connectivity index is 2.36. The highest BCUT2D eigenvalue weighted by Crippen LogP contribution is 2.15. The molecule has 0 bridgehead atoms. The first-order valence-electron chi connectivity index (χ1n) is 5.52. The number of halogens is 1. The maximum Gasteiger partial charge on any atom is 0.320 e. The van der Waals surface area contributed by atoms with Crippen molar-refractivity contribution in [1.29, 1.82) is 0 Å². The number of carbonyl (C=O) groups excluding carboxylic acids is 1. The summed E-state index contributed by atoms with van der Waals surface area (Å²) >= 11 is 5.95. The predicted molar refractivity (Wildman–Crippen MR) is 69.0 cm³/mol. The van der Waals surface area contributed by atoms with Crippen LogP contribution >= 0.6 is 11.6 Å². The molecule has 0 aliphatic rings. The Morgan fingerprint density at radius 3 is 2.59 bits per heavy atom. The van der Waals surface area contributed by atoms with E-state index >= 15 is 0 Å². The van der Waals surface area contributed by atoms with E-state index < -0.39 is 0 Å². The Labute approximate surface area is 107 Å². The van der Waals surface area contributed by atoms with Gasteiger partial charge < -0.3 is 10.1 Å². The molecule has 0 aliphatic heterocycles. The summed E-state index contributed by atoms with van der Waals surface area (Å²) in [5.74, 6) is -0.278. The van der Waals surface area contributed by atoms with Crippen LogP contribution in [0.15, 0.2) is 24.3 Å². The number of rotatable bonds is 4. The van der Waals surface area contributed by atoms with Crippen molar-refractivity contribution in [2.45, 2.75) is 32.9 Å². The molecule has 0 saturated carbocycles. The van der Waals surface area contributed by atoms with E-state index in [1.165, 1.54) is 0 Å². The van der Waals surface area contributed by atoms with Crippen LogP contribution in [-0.4, -0.2) is 18.1 Å². The summed E-state index contributed by atoms with van der Waals surface area (Å²) in [4.78, 5) is 11.4. The molecule has 1 rings (SSSR count). The summed E-state index contributed by atoms with van der Waals surface area (Å²) in [6.45, 7) is 6.40. The third-order valence-corrected chi connectivity index (χ3v) is 2.48. The Bertz CT molecular complexity index is 385. The Hall–Kier alpha value is -1.06. The van der Waals surface area contributed by atoms with Gasteiger partial charge in [-0.3, -0.25) is 4.79 Å². The molecule has 94 valence electrons. The zero-order chi connectivity index (χ0) is 12.9. The predicted octanol–water partition coefficient (Wildman–Crippen LogP) is 2.77. The van der Waals surface area contributed by atoms with Crippen LogP contribution in [-0.2, 0) is 16.1 Å². The monoisotopic (exact) mass is 255 g/mol. The summed E-state index contributed by atoms with van der Waals surface area (Å²) in [7, 11) is 0. The lowest BCUT2D eigenvalue weighted by Crippen LogP contribution is -2.39. The third kappa shape index (κ3) is 5.71. The highest BCUT2D eigenvalue weighted by Gasteiger charge is 2.12. The summed E-state index contributed by atoms with van der Waals surface area (Å²) < 4.78 is 5.12. The molecule has 0 unspecified atom stereocenters. The highest BCUT2D eigenvalue weighted by atomic mass is 35.5. The van der Waals surface area contributed by atoms with Gasteiger partial charge in [-0.25, -0.2) is 0 Å². The zero-order valence-electron chi connectivity index (χ0n) is 10.4. The number of nitrogens with one attached hydrogen (secondary N) is 1. The van der Waals surface area contributed by atoms with E-state index in [9.17, 15) is 4.79 Å². The molecule has 3 nitrogen and oxygen atoms in total. The van der Waals surface area contributed by atoms with Gasteiger partial charge in [-0.05, 0) is 26.8 Å². The minimum absolute atomic E-state index is 0.0938. The third-order valence-electron chi connectivity index (χ3n) is 2.11. The van der Waals surface area contributed by atoms with Crippen LogP contribution in [0, 0.1) is 0 Å². The van der Waals surface area contributed by atoms with Crippen molar-refractivity contribution < 1.29 is 9.53 Å². The van der Waals surface area contributed by atoms with Gasteiger partial charge in [-0.15, -0.1) is 0 Å². The molecule has 1 N–H and O–H groups in total. The molecule has 17 heavy (non-hydrogen) atoms. The molecule has 0 radical (unpaired) electrons. The fourth-order valence-corrected chi connectivity index (χ4v) is 1.35. The molecule has 0 saturated heterocycles. The molecule has 4 heteroatoms. The average Bonchev–Trinajstić information content (AvgIpc) is 2.24. The van der Waals surface area contributed by atoms with Gasteiger partial charge >= 0.3 is 5.97 Å². The number of hydrogen-bond acceptors (Lipinski definition) is 3. The largest absolute Gasteiger partial charge is 0.460 e. The smallest absolute Gasteiger partial charge is 0.320 e. The maximum atomic E-state index is 11.4. The zero-order valence-corrected chi connectivity index (χ0v) is 11.2. The molecule has 0 fully saturated rings. The molecule has 0 atom stereocenters. The molecule has 0 aromatic heterocycles. The lowest BCUT2D eigenvalue weighted by molar-refractivity contribution is -0.144. The van der Waals surface area contributed by atoms with Crippen LogP contribution in [0.3, 0.4) is 0 Å². The van der Waals surface area contributed by atoms with Crippen molar-refractivity contribution in [1.82, 2.24) is 5.32 Å². The van der Waals surface area contributed by atoms with E-state index in [0.717, 1.165) is 5.56 Å². The van der Waals surface area contributed by atoms with Gasteiger partial charge in [-0.1, -0.05) is 29.8 Å². The number of esters is 1. The minimum Gasteiger partial charge on any atom is -0.460 e. The van der Waals surface area contributed by atoms with Crippen molar-refractivity contribution in [2.75, 3.05) is 6.54 Å². The minimum atomic E-state index is -0.278. The fourth-order valence-electron chi connectivity index (χ4n) is 1.16. The van der Waals surface area contributed by atoms with Gasteiger partial charge in [0, 0.05) is 16.1 Å². The summed E-state index contributed by atoms with van der Waals surface area (Å²) in [6, 6.07) is 7.32. The first-order chi connectivity index (χ1) is 7.88. The molecule has 1 aromatic rings. The van der Waals surface area contributed by atoms with Crippen molar-refractivity contribution in [3.63, 3.8) is 0 Å². The van der Waals surface area contributed by atoms with Crippen molar-refractivity contribution in [3.05, 3.63) is 34.9 Å². The second kappa shape index (κ2) is 6.03. The quantitative estimate of drug-likeness (QED) is 0.841. The maximum absolute atomic E-state index is 11.4. The summed E-state index contributed by atoms with van der Waals surface area (Å²) in [5.41, 5.74) is 0.724. The second-order valence-electron chi connectivity index (χ2n) is 4.86. The van der Waals surface area contributed by atoms with Crippen LogP contribution in [0.4, 0.5) is 0 Å². The molecular formula is C13H18ClNO2. The number of ether oxygens (including phenoxy) is 1. The van der Waals surface area contributed by atoms with E-state index in [1.54, 1.807) is 6.07 Å². The Morgan fingerprint density at radius 1 is 1.35 bits per heavy atom. The van der Waals surface area contributed by atoms with Gasteiger partial charge in [0.1, 0.15) is 6.61 Å². The van der Waals surface area contributed by atoms with Gasteiger partial charge in [0.15, 0.2) is 0 Å². The van der Waals surface area contributed by atoms with Crippen molar-refractivity contribution in [2.24, 2.45) is 0 Å². The van der Waals surface area contributed by atoms with Crippen LogP contribution in [0.2, 0.25) is 5.02 Å². The number of benzene rings is 1. The van der Waals surface area contributed by atoms with Gasteiger partial charge in [-0.2, -0.15) is 0 Å². The Morgan fingerprint density at radius 2 is 2.00 bits per heavy atom. The fraction of sp³-hybridized carbons (Fsp3) is 0.462. The first kappa shape index (κ1) is 14.0. The van der Waals surface area contributed by atoms with E-state index in [2.05, 4.69) is 5.32 Å². The van der Waals surface area contributed by atoms with Crippen molar-refractivity contribution in [3.8, 4) is 0 Å². The van der Waals surface area contributed by atoms with E-state index in [1.807, 2.05) is 39.0 Å². The number of carbonyl (C=O) groups is 1. The second-order valence-corrected chi connectivity index (χ2v) is 5.26. The van der Waals surface area contributed by atoms with Crippen LogP contribution in [0.1, 0.15) is 26.3 Å². The Kier molecular flexibility index (Phi) is 4.97. The van der Waals surface area contributed by atoms with Crippen LogP contribution in [0.5, 0.6) is 0 Å². The van der Waals surface area contributed by atoms with Gasteiger partial charge in [0.25, 0.3) is 0 Å². The first-order valence-corrected chi connectivity index (χ1v) is 5.90. The average molecular weight is 256 g/mol. The van der Waals surface area contributed by atoms with Gasteiger partial charge in [0.2, 0.25) is 0 Å². The van der Waals surface area contributed by atoms with Crippen molar-refractivity contribution >= 4 is 17.6 Å². The molecule has 1 aromatic carbocycles. The van der Waals surface area contributed by atoms with E-state index in [4.69, 9.17) is 16.3 Å². The van der Waals surface area contributed by atoms with E-state index in [-0.39, 0.29) is 24.7 Å². The molecule has 0 aliphatic carbocycles. The topological polar surface area (TPSA) is 38.3 Å². The molecule has 0 heterocycles. The summed E-state index contributed by atoms with van der Waals surface area (Å²) in [5, 5.41) is 3.68. The normalized spacial score (nSPS) is 11.3. The lowest BCUT2D eigenvalue weighted by atomic mass is 10.1. The molecular weight excluding hydrogens is 238 g/mol. The van der Waals surface area contributed by atoms with Crippen LogP contribution < -0.4 is 5.32 Å². The van der Waals surface area contributed by atoms with Gasteiger partial charge in [0.05, 0.1) is 6.54 Å². The SMILES string of the molecule is CC(C)(C)NCC(=O)OCc1ccccc1Cl. The molecule has 0 spiro atoms. The van der Waals surface area contributed by atoms with Crippen LogP contribution in [0.25, 0.3) is 0 Å².